The van der Waals surface area contributed by atoms with Crippen molar-refractivity contribution in [2.45, 2.75) is 24.4 Å². The van der Waals surface area contributed by atoms with Crippen molar-refractivity contribution in [3.05, 3.63) is 60.7 Å². The topological polar surface area (TPSA) is 0 Å². The second kappa shape index (κ2) is 5.16. The van der Waals surface area contributed by atoms with Crippen molar-refractivity contribution in [3.63, 3.8) is 0 Å². The standard InChI is InChI=1S/C18H22Ge/c1-15-13-19(14-16(15)2,17-9-5-3-6-10-17)18-11-7-4-8-12-18/h3-12,15-16H,13-14H2,1-2H3/t15-,16-/m0/s1. The van der Waals surface area contributed by atoms with Crippen molar-refractivity contribution in [3.8, 4) is 0 Å². The number of hydrogen-bond donors (Lipinski definition) is 0. The van der Waals surface area contributed by atoms with Gasteiger partial charge in [-0.15, -0.1) is 0 Å². The molecule has 0 radical (unpaired) electrons. The summed E-state index contributed by atoms with van der Waals surface area (Å²) < 4.78 is 3.34. The zero-order valence-electron chi connectivity index (χ0n) is 11.8. The summed E-state index contributed by atoms with van der Waals surface area (Å²) >= 11 is -2.12. The summed E-state index contributed by atoms with van der Waals surface area (Å²) in [6.07, 6.45) is 0. The van der Waals surface area contributed by atoms with E-state index in [9.17, 15) is 0 Å². The van der Waals surface area contributed by atoms with Crippen LogP contribution in [0, 0.1) is 11.8 Å². The Balaban J connectivity index is 2.13. The summed E-state index contributed by atoms with van der Waals surface area (Å²) in [6.45, 7) is 4.90. The van der Waals surface area contributed by atoms with E-state index in [1.54, 1.807) is 8.79 Å². The first kappa shape index (κ1) is 13.0. The van der Waals surface area contributed by atoms with Crippen molar-refractivity contribution < 1.29 is 0 Å². The SMILES string of the molecule is C[C@H]1[CH2][Ge]([c]2ccccc2)([c]2ccccc2)[CH2][C@@H]1C. The van der Waals surface area contributed by atoms with E-state index in [0.29, 0.717) is 0 Å². The van der Waals surface area contributed by atoms with Crippen LogP contribution in [0.1, 0.15) is 13.8 Å². The van der Waals surface area contributed by atoms with E-state index < -0.39 is 13.3 Å². The predicted molar refractivity (Wildman–Crippen MR) is 85.8 cm³/mol. The molecule has 1 aliphatic rings. The van der Waals surface area contributed by atoms with Crippen molar-refractivity contribution in [2.75, 3.05) is 0 Å². The molecule has 0 spiro atoms. The number of benzene rings is 2. The fraction of sp³-hybridized carbons (Fsp3) is 0.333. The molecule has 0 bridgehead atoms. The van der Waals surface area contributed by atoms with E-state index in [1.807, 2.05) is 0 Å². The monoisotopic (exact) mass is 312 g/mol. The van der Waals surface area contributed by atoms with Gasteiger partial charge in [0.25, 0.3) is 0 Å². The van der Waals surface area contributed by atoms with E-state index in [4.69, 9.17) is 0 Å². The van der Waals surface area contributed by atoms with Crippen LogP contribution in [-0.4, -0.2) is 13.3 Å². The summed E-state index contributed by atoms with van der Waals surface area (Å²) in [5.41, 5.74) is 0. The van der Waals surface area contributed by atoms with Crippen LogP contribution >= 0.6 is 0 Å². The van der Waals surface area contributed by atoms with Gasteiger partial charge in [0.2, 0.25) is 0 Å². The van der Waals surface area contributed by atoms with Gasteiger partial charge in [0.1, 0.15) is 0 Å². The summed E-state index contributed by atoms with van der Waals surface area (Å²) in [5, 5.41) is 2.91. The molecule has 0 nitrogen and oxygen atoms in total. The van der Waals surface area contributed by atoms with Crippen LogP contribution in [0.15, 0.2) is 60.7 Å². The molecule has 2 aromatic rings. The van der Waals surface area contributed by atoms with Crippen LogP contribution in [0.25, 0.3) is 0 Å². The van der Waals surface area contributed by atoms with Crippen LogP contribution < -0.4 is 8.79 Å². The maximum atomic E-state index is 2.45. The Hall–Kier alpha value is -1.02. The maximum absolute atomic E-state index is 2.45. The molecular weight excluding hydrogens is 289 g/mol. The minimum absolute atomic E-state index is 0.875. The van der Waals surface area contributed by atoms with Crippen LogP contribution in [0.5, 0.6) is 0 Å². The zero-order valence-corrected chi connectivity index (χ0v) is 13.9. The second-order valence-electron chi connectivity index (χ2n) is 6.18. The first-order chi connectivity index (χ1) is 9.22. The van der Waals surface area contributed by atoms with Crippen molar-refractivity contribution >= 4 is 22.1 Å². The Labute approximate surface area is 119 Å². The van der Waals surface area contributed by atoms with E-state index in [2.05, 4.69) is 74.5 Å². The van der Waals surface area contributed by atoms with Crippen molar-refractivity contribution in [2.24, 2.45) is 11.8 Å². The van der Waals surface area contributed by atoms with Gasteiger partial charge in [0, 0.05) is 0 Å². The molecular formula is C18H22Ge. The Morgan fingerprint density at radius 2 is 1.05 bits per heavy atom. The van der Waals surface area contributed by atoms with Crippen LogP contribution in [0.2, 0.25) is 10.5 Å². The fourth-order valence-electron chi connectivity index (χ4n) is 3.74. The fourth-order valence-corrected chi connectivity index (χ4v) is 16.6. The summed E-state index contributed by atoms with van der Waals surface area (Å²) in [6, 6.07) is 22.7. The van der Waals surface area contributed by atoms with Gasteiger partial charge in [0.05, 0.1) is 0 Å². The number of hydrogen-bond acceptors (Lipinski definition) is 0. The zero-order chi connectivity index (χ0) is 13.3. The first-order valence-corrected chi connectivity index (χ1v) is 12.4. The average Bonchev–Trinajstić information content (AvgIpc) is 2.78. The molecule has 0 amide bonds. The van der Waals surface area contributed by atoms with Gasteiger partial charge in [-0.2, -0.15) is 0 Å². The molecule has 0 aromatic heterocycles. The van der Waals surface area contributed by atoms with Crippen LogP contribution in [0.4, 0.5) is 0 Å². The van der Waals surface area contributed by atoms with Gasteiger partial charge in [-0.3, -0.25) is 0 Å². The molecule has 0 saturated carbocycles. The second-order valence-corrected chi connectivity index (χ2v) is 14.9. The average molecular weight is 311 g/mol. The molecule has 98 valence electrons. The van der Waals surface area contributed by atoms with Gasteiger partial charge in [-0.1, -0.05) is 0 Å². The van der Waals surface area contributed by atoms with E-state index in [-0.39, 0.29) is 0 Å². The molecule has 0 unspecified atom stereocenters. The summed E-state index contributed by atoms with van der Waals surface area (Å²) in [7, 11) is 0. The van der Waals surface area contributed by atoms with Gasteiger partial charge in [-0.05, 0) is 0 Å². The molecule has 1 aliphatic heterocycles. The summed E-state index contributed by atoms with van der Waals surface area (Å²) in [4.78, 5) is 0. The molecule has 2 atom stereocenters. The molecule has 3 rings (SSSR count). The minimum atomic E-state index is -2.12. The molecule has 1 heterocycles. The molecule has 19 heavy (non-hydrogen) atoms. The third-order valence-electron chi connectivity index (χ3n) is 4.97. The first-order valence-electron chi connectivity index (χ1n) is 7.33. The summed E-state index contributed by atoms with van der Waals surface area (Å²) in [5.74, 6) is 1.75. The molecule has 0 aliphatic carbocycles. The normalized spacial score (nSPS) is 25.4. The third-order valence-corrected chi connectivity index (χ3v) is 16.6. The molecule has 2 aromatic carbocycles. The van der Waals surface area contributed by atoms with Gasteiger partial charge in [-0.25, -0.2) is 0 Å². The Bertz CT molecular complexity index is 481. The predicted octanol–water partition coefficient (Wildman–Crippen LogP) is 3.54. The van der Waals surface area contributed by atoms with Crippen LogP contribution in [-0.2, 0) is 0 Å². The van der Waals surface area contributed by atoms with Gasteiger partial charge < -0.3 is 0 Å². The Morgan fingerprint density at radius 3 is 1.42 bits per heavy atom. The van der Waals surface area contributed by atoms with E-state index in [0.717, 1.165) is 11.8 Å². The third kappa shape index (κ3) is 2.27. The quantitative estimate of drug-likeness (QED) is 0.744. The Kier molecular flexibility index (Phi) is 3.53. The molecule has 1 heteroatoms. The molecule has 1 fully saturated rings. The Morgan fingerprint density at radius 1 is 0.684 bits per heavy atom. The molecule has 0 N–H and O–H groups in total. The van der Waals surface area contributed by atoms with Crippen molar-refractivity contribution in [1.29, 1.82) is 0 Å². The van der Waals surface area contributed by atoms with Gasteiger partial charge in [0.15, 0.2) is 0 Å². The van der Waals surface area contributed by atoms with Crippen LogP contribution in [0.3, 0.4) is 0 Å². The molecule has 1 saturated heterocycles. The number of rotatable bonds is 2. The van der Waals surface area contributed by atoms with Crippen molar-refractivity contribution in [1.82, 2.24) is 0 Å². The van der Waals surface area contributed by atoms with E-state index in [1.165, 1.54) is 10.5 Å². The van der Waals surface area contributed by atoms with Gasteiger partial charge >= 0.3 is 119 Å². The van der Waals surface area contributed by atoms with E-state index >= 15 is 0 Å².